The van der Waals surface area contributed by atoms with E-state index in [9.17, 15) is 13.2 Å². The first-order valence-corrected chi connectivity index (χ1v) is 5.77. The molecule has 0 aromatic carbocycles. The fraction of sp³-hybridized carbons (Fsp3) is 0.300. The van der Waals surface area contributed by atoms with Crippen molar-refractivity contribution in [2.45, 2.75) is 12.7 Å². The highest BCUT2D eigenvalue weighted by Gasteiger charge is 2.34. The van der Waals surface area contributed by atoms with Gasteiger partial charge in [-0.05, 0) is 18.2 Å². The molecule has 8 heteroatoms. The van der Waals surface area contributed by atoms with Gasteiger partial charge in [0.2, 0.25) is 0 Å². The highest BCUT2D eigenvalue weighted by Crippen LogP contribution is 2.34. The molecule has 0 atom stereocenters. The number of thiophene rings is 1. The Hall–Kier alpha value is -1.70. The van der Waals surface area contributed by atoms with Crippen molar-refractivity contribution in [3.8, 4) is 10.6 Å². The maximum Gasteiger partial charge on any atom is 0.435 e. The van der Waals surface area contributed by atoms with Gasteiger partial charge in [0, 0.05) is 11.9 Å². The molecule has 0 aliphatic heterocycles. The van der Waals surface area contributed by atoms with Crippen LogP contribution in [0, 0.1) is 5.53 Å². The number of nitrogens with zero attached hydrogens (tertiary/aromatic N) is 3. The van der Waals surface area contributed by atoms with E-state index < -0.39 is 11.9 Å². The molecule has 0 saturated carbocycles. The lowest BCUT2D eigenvalue weighted by atomic mass is 10.3. The van der Waals surface area contributed by atoms with Crippen molar-refractivity contribution in [1.82, 2.24) is 9.78 Å². The Kier molecular flexibility index (Phi) is 3.20. The Morgan fingerprint density at radius 3 is 2.72 bits per heavy atom. The number of aromatic nitrogens is 2. The summed E-state index contributed by atoms with van der Waals surface area (Å²) < 4.78 is 38.7. The fourth-order valence-corrected chi connectivity index (χ4v) is 2.49. The third kappa shape index (κ3) is 2.42. The first kappa shape index (κ1) is 12.7. The summed E-state index contributed by atoms with van der Waals surface area (Å²) in [4.78, 5) is 1.51. The minimum Gasteiger partial charge on any atom is -0.267 e. The molecule has 2 aromatic rings. The van der Waals surface area contributed by atoms with Crippen molar-refractivity contribution >= 4 is 11.3 Å². The summed E-state index contributed by atoms with van der Waals surface area (Å²) in [6, 6.07) is 4.48. The molecular weight excluding hydrogens is 265 g/mol. The van der Waals surface area contributed by atoms with Gasteiger partial charge in [0.25, 0.3) is 0 Å². The summed E-state index contributed by atoms with van der Waals surface area (Å²) in [7, 11) is 1.47. The summed E-state index contributed by atoms with van der Waals surface area (Å²) in [6.07, 6.45) is -4.44. The largest absolute Gasteiger partial charge is 0.435 e. The van der Waals surface area contributed by atoms with Crippen LogP contribution in [0.25, 0.3) is 10.6 Å². The van der Waals surface area contributed by atoms with Gasteiger partial charge in [-0.3, -0.25) is 4.68 Å². The lowest BCUT2D eigenvalue weighted by Gasteiger charge is -1.98. The van der Waals surface area contributed by atoms with E-state index >= 15 is 0 Å². The van der Waals surface area contributed by atoms with Crippen LogP contribution < -0.4 is 0 Å². The van der Waals surface area contributed by atoms with Crippen LogP contribution in [0.1, 0.15) is 10.6 Å². The molecule has 0 radical (unpaired) electrons. The number of halogens is 3. The summed E-state index contributed by atoms with van der Waals surface area (Å²) in [5.74, 6) is 0. The normalized spacial score (nSPS) is 11.8. The molecule has 0 fully saturated rings. The molecule has 0 aliphatic carbocycles. The third-order valence-corrected chi connectivity index (χ3v) is 3.41. The van der Waals surface area contributed by atoms with Crippen LogP contribution in [0.4, 0.5) is 13.2 Å². The second kappa shape index (κ2) is 4.52. The first-order valence-electron chi connectivity index (χ1n) is 4.95. The van der Waals surface area contributed by atoms with E-state index in [1.54, 1.807) is 12.1 Å². The van der Waals surface area contributed by atoms with Crippen LogP contribution in [-0.4, -0.2) is 9.78 Å². The Labute approximate surface area is 105 Å². The van der Waals surface area contributed by atoms with Gasteiger partial charge in [0.1, 0.15) is 0 Å². The molecule has 1 N–H and O–H groups in total. The Balaban J connectivity index is 2.38. The number of aryl methyl sites for hydroxylation is 1. The van der Waals surface area contributed by atoms with Gasteiger partial charge in [-0.1, -0.05) is 0 Å². The molecule has 0 bridgehead atoms. The second-order valence-electron chi connectivity index (χ2n) is 3.62. The molecule has 18 heavy (non-hydrogen) atoms. The highest BCUT2D eigenvalue weighted by molar-refractivity contribution is 7.15. The van der Waals surface area contributed by atoms with Gasteiger partial charge in [-0.15, -0.1) is 11.3 Å². The molecule has 2 heterocycles. The second-order valence-corrected chi connectivity index (χ2v) is 4.79. The topological polar surface area (TPSA) is 54.0 Å². The van der Waals surface area contributed by atoms with E-state index in [2.05, 4.69) is 10.2 Å². The minimum absolute atomic E-state index is 0.245. The van der Waals surface area contributed by atoms with Crippen LogP contribution in [0.2, 0.25) is 0 Å². The molecule has 96 valence electrons. The molecule has 2 aromatic heterocycles. The molecular formula is C10H9F3N4S. The standard InChI is InChI=1S/C10H9F3N4S/c1-17-7(4-9(16-17)10(11,12)13)8-3-2-6(18-8)5-15-14/h2-4,14H,5H2,1H3. The van der Waals surface area contributed by atoms with Crippen molar-refractivity contribution in [3.05, 3.63) is 28.8 Å². The monoisotopic (exact) mass is 274 g/mol. The molecule has 0 amide bonds. The van der Waals surface area contributed by atoms with Crippen molar-refractivity contribution < 1.29 is 13.2 Å². The van der Waals surface area contributed by atoms with Gasteiger partial charge in [0.05, 0.1) is 17.1 Å². The first-order chi connectivity index (χ1) is 8.41. The minimum atomic E-state index is -4.44. The van der Waals surface area contributed by atoms with Crippen LogP contribution >= 0.6 is 11.3 Å². The average molecular weight is 274 g/mol. The van der Waals surface area contributed by atoms with E-state index in [1.165, 1.54) is 23.1 Å². The smallest absolute Gasteiger partial charge is 0.267 e. The Morgan fingerprint density at radius 2 is 2.17 bits per heavy atom. The van der Waals surface area contributed by atoms with Crippen LogP contribution in [0.3, 0.4) is 0 Å². The van der Waals surface area contributed by atoms with Gasteiger partial charge in [0.15, 0.2) is 5.69 Å². The number of hydrogen-bond donors (Lipinski definition) is 1. The van der Waals surface area contributed by atoms with Crippen LogP contribution in [-0.2, 0) is 19.8 Å². The van der Waals surface area contributed by atoms with Crippen molar-refractivity contribution in [3.63, 3.8) is 0 Å². The van der Waals surface area contributed by atoms with Gasteiger partial charge >= 0.3 is 6.18 Å². The fourth-order valence-electron chi connectivity index (χ4n) is 1.51. The van der Waals surface area contributed by atoms with Gasteiger partial charge < -0.3 is 0 Å². The zero-order valence-electron chi connectivity index (χ0n) is 9.32. The molecule has 0 unspecified atom stereocenters. The third-order valence-electron chi connectivity index (χ3n) is 2.32. The average Bonchev–Trinajstić information content (AvgIpc) is 2.84. The summed E-state index contributed by atoms with van der Waals surface area (Å²) in [5.41, 5.74) is 6.25. The zero-order valence-corrected chi connectivity index (χ0v) is 10.1. The van der Waals surface area contributed by atoms with E-state index in [0.717, 1.165) is 10.9 Å². The number of nitrogens with one attached hydrogen (secondary N) is 1. The van der Waals surface area contributed by atoms with E-state index in [4.69, 9.17) is 5.53 Å². The van der Waals surface area contributed by atoms with Crippen molar-refractivity contribution in [2.75, 3.05) is 0 Å². The Bertz CT molecular complexity index is 570. The van der Waals surface area contributed by atoms with E-state index in [1.807, 2.05) is 0 Å². The maximum atomic E-state index is 12.5. The Morgan fingerprint density at radius 1 is 1.44 bits per heavy atom. The summed E-state index contributed by atoms with van der Waals surface area (Å²) in [5, 5.41) is 6.69. The summed E-state index contributed by atoms with van der Waals surface area (Å²) in [6.45, 7) is 0.245. The van der Waals surface area contributed by atoms with Gasteiger partial charge in [-0.25, -0.2) is 5.53 Å². The quantitative estimate of drug-likeness (QED) is 0.852. The van der Waals surface area contributed by atoms with Crippen molar-refractivity contribution in [1.29, 1.82) is 5.53 Å². The lowest BCUT2D eigenvalue weighted by molar-refractivity contribution is -0.141. The van der Waals surface area contributed by atoms with Gasteiger partial charge in [-0.2, -0.15) is 23.4 Å². The molecule has 0 saturated heterocycles. The van der Waals surface area contributed by atoms with Crippen LogP contribution in [0.15, 0.2) is 23.3 Å². The van der Waals surface area contributed by atoms with E-state index in [-0.39, 0.29) is 6.54 Å². The predicted octanol–water partition coefficient (Wildman–Crippen LogP) is 3.70. The number of rotatable bonds is 3. The summed E-state index contributed by atoms with van der Waals surface area (Å²) >= 11 is 1.31. The van der Waals surface area contributed by atoms with Crippen molar-refractivity contribution in [2.24, 2.45) is 12.2 Å². The zero-order chi connectivity index (χ0) is 13.3. The molecule has 0 spiro atoms. The SMILES string of the molecule is Cn1nc(C(F)(F)F)cc1-c1ccc(CN=N)s1. The molecule has 4 nitrogen and oxygen atoms in total. The molecule has 0 aliphatic rings. The maximum absolute atomic E-state index is 12.5. The highest BCUT2D eigenvalue weighted by atomic mass is 32.1. The lowest BCUT2D eigenvalue weighted by Crippen LogP contribution is -2.06. The predicted molar refractivity (Wildman–Crippen MR) is 60.4 cm³/mol. The molecule has 2 rings (SSSR count). The van der Waals surface area contributed by atoms with E-state index in [0.29, 0.717) is 10.6 Å². The number of hydrogen-bond acceptors (Lipinski definition) is 4. The van der Waals surface area contributed by atoms with Crippen LogP contribution in [0.5, 0.6) is 0 Å². The number of alkyl halides is 3.